The summed E-state index contributed by atoms with van der Waals surface area (Å²) in [7, 11) is 0. The van der Waals surface area contributed by atoms with Gasteiger partial charge in [0.05, 0.1) is 0 Å². The maximum atomic E-state index is 12.5. The molecule has 0 bridgehead atoms. The number of nitrogens with zero attached hydrogens (tertiary/aromatic N) is 2. The van der Waals surface area contributed by atoms with Crippen LogP contribution in [0.5, 0.6) is 0 Å². The van der Waals surface area contributed by atoms with Gasteiger partial charge in [0, 0.05) is 17.4 Å². The van der Waals surface area contributed by atoms with E-state index in [0.717, 1.165) is 29.9 Å². The molecule has 0 saturated carbocycles. The molecule has 1 aromatic heterocycles. The second kappa shape index (κ2) is 7.73. The third kappa shape index (κ3) is 5.99. The average molecular weight is 303 g/mol. The van der Waals surface area contributed by atoms with Gasteiger partial charge in [-0.1, -0.05) is 27.7 Å². The fraction of sp³-hybridized carbons (Fsp3) is 0.733. The number of hydrogen-bond acceptors (Lipinski definition) is 3. The fourth-order valence-corrected chi connectivity index (χ4v) is 2.26. The van der Waals surface area contributed by atoms with E-state index in [1.165, 1.54) is 0 Å². The summed E-state index contributed by atoms with van der Waals surface area (Å²) < 4.78 is 37.5. The summed E-state index contributed by atoms with van der Waals surface area (Å²) in [6.07, 6.45) is -3.33. The molecule has 1 aromatic rings. The van der Waals surface area contributed by atoms with Gasteiger partial charge in [-0.3, -0.25) is 0 Å². The number of nitrogens with one attached hydrogen (secondary N) is 1. The third-order valence-electron chi connectivity index (χ3n) is 3.18. The van der Waals surface area contributed by atoms with Gasteiger partial charge in [0.25, 0.3) is 0 Å². The minimum absolute atomic E-state index is 0.114. The van der Waals surface area contributed by atoms with Crippen LogP contribution in [0.25, 0.3) is 0 Å². The number of alkyl halides is 3. The lowest BCUT2D eigenvalue weighted by molar-refractivity contribution is -0.128. The fourth-order valence-electron chi connectivity index (χ4n) is 2.26. The molecule has 0 saturated heterocycles. The van der Waals surface area contributed by atoms with Gasteiger partial charge in [0.2, 0.25) is 0 Å². The van der Waals surface area contributed by atoms with E-state index in [4.69, 9.17) is 0 Å². The first-order valence-electron chi connectivity index (χ1n) is 7.44. The van der Waals surface area contributed by atoms with Crippen molar-refractivity contribution in [3.63, 3.8) is 0 Å². The highest BCUT2D eigenvalue weighted by Crippen LogP contribution is 2.21. The third-order valence-corrected chi connectivity index (χ3v) is 3.18. The highest BCUT2D eigenvalue weighted by Gasteiger charge is 2.30. The lowest BCUT2D eigenvalue weighted by atomic mass is 10.0. The Morgan fingerprint density at radius 1 is 1.05 bits per heavy atom. The van der Waals surface area contributed by atoms with Gasteiger partial charge in [0.1, 0.15) is 12.2 Å². The van der Waals surface area contributed by atoms with Gasteiger partial charge in [-0.25, -0.2) is 9.97 Å². The molecule has 0 aromatic carbocycles. The maximum Gasteiger partial charge on any atom is 0.396 e. The van der Waals surface area contributed by atoms with E-state index in [0.29, 0.717) is 18.9 Å². The zero-order chi connectivity index (χ0) is 16.0. The molecule has 0 aliphatic carbocycles. The van der Waals surface area contributed by atoms with Crippen molar-refractivity contribution in [3.8, 4) is 0 Å². The minimum Gasteiger partial charge on any atom is -0.314 e. The summed E-state index contributed by atoms with van der Waals surface area (Å²) in [4.78, 5) is 8.25. The highest BCUT2D eigenvalue weighted by atomic mass is 19.4. The Balaban J connectivity index is 3.01. The largest absolute Gasteiger partial charge is 0.396 e. The van der Waals surface area contributed by atoms with E-state index in [1.54, 1.807) is 0 Å². The van der Waals surface area contributed by atoms with Gasteiger partial charge in [0.15, 0.2) is 0 Å². The molecule has 0 unspecified atom stereocenters. The average Bonchev–Trinajstić information content (AvgIpc) is 2.37. The summed E-state index contributed by atoms with van der Waals surface area (Å²) in [5, 5.41) is 3.31. The lowest BCUT2D eigenvalue weighted by Gasteiger charge is -2.16. The second-order valence-corrected chi connectivity index (χ2v) is 5.37. The molecule has 0 fully saturated rings. The monoisotopic (exact) mass is 303 g/mol. The van der Waals surface area contributed by atoms with Crippen LogP contribution in [0, 0.1) is 0 Å². The Morgan fingerprint density at radius 2 is 1.57 bits per heavy atom. The zero-order valence-electron chi connectivity index (χ0n) is 13.1. The molecule has 1 heterocycles. The number of hydrogen-bond donors (Lipinski definition) is 1. The molecule has 0 spiro atoms. The van der Waals surface area contributed by atoms with E-state index in [2.05, 4.69) is 29.1 Å². The molecule has 21 heavy (non-hydrogen) atoms. The Hall–Kier alpha value is -1.17. The maximum absolute atomic E-state index is 12.5. The van der Waals surface area contributed by atoms with Crippen LogP contribution in [0.1, 0.15) is 50.5 Å². The predicted octanol–water partition coefficient (Wildman–Crippen LogP) is 3.25. The topological polar surface area (TPSA) is 37.8 Å². The van der Waals surface area contributed by atoms with E-state index in [1.807, 2.05) is 13.8 Å². The number of halogens is 3. The minimum atomic E-state index is -4.27. The summed E-state index contributed by atoms with van der Waals surface area (Å²) in [6.45, 7) is 8.73. The quantitative estimate of drug-likeness (QED) is 0.840. The van der Waals surface area contributed by atoms with Crippen LogP contribution in [0.3, 0.4) is 0 Å². The van der Waals surface area contributed by atoms with E-state index >= 15 is 0 Å². The van der Waals surface area contributed by atoms with Gasteiger partial charge in [-0.15, -0.1) is 0 Å². The molecule has 0 atom stereocenters. The van der Waals surface area contributed by atoms with Crippen molar-refractivity contribution in [2.75, 3.05) is 6.54 Å². The highest BCUT2D eigenvalue weighted by molar-refractivity contribution is 5.27. The van der Waals surface area contributed by atoms with Crippen LogP contribution < -0.4 is 5.32 Å². The summed E-state index contributed by atoms with van der Waals surface area (Å²) in [6, 6.07) is 0.380. The first-order valence-corrected chi connectivity index (χ1v) is 7.44. The van der Waals surface area contributed by atoms with Crippen LogP contribution in [-0.2, 0) is 25.7 Å². The van der Waals surface area contributed by atoms with Crippen LogP contribution in [0.15, 0.2) is 0 Å². The molecular weight excluding hydrogens is 279 g/mol. The number of aryl methyl sites for hydroxylation is 2. The molecule has 0 radical (unpaired) electrons. The smallest absolute Gasteiger partial charge is 0.314 e. The van der Waals surface area contributed by atoms with Crippen molar-refractivity contribution in [1.82, 2.24) is 15.3 Å². The Bertz CT molecular complexity index is 431. The van der Waals surface area contributed by atoms with Crippen molar-refractivity contribution in [3.05, 3.63) is 22.8 Å². The molecule has 0 amide bonds. The molecule has 0 aliphatic heterocycles. The summed E-state index contributed by atoms with van der Waals surface area (Å²) in [5.41, 5.74) is 2.48. The van der Waals surface area contributed by atoms with Crippen LogP contribution in [0.2, 0.25) is 0 Å². The van der Waals surface area contributed by atoms with Gasteiger partial charge in [-0.2, -0.15) is 13.2 Å². The standard InChI is InChI=1S/C15H24F3N3/c1-5-12-11(7-8-19-10(3)4)13(6-2)21-14(20-12)9-15(16,17)18/h10,19H,5-9H2,1-4H3. The Kier molecular flexibility index (Phi) is 6.58. The van der Waals surface area contributed by atoms with E-state index < -0.39 is 12.6 Å². The first-order chi connectivity index (χ1) is 9.76. The normalized spacial score (nSPS) is 12.2. The van der Waals surface area contributed by atoms with Crippen LogP contribution in [-0.4, -0.2) is 28.7 Å². The van der Waals surface area contributed by atoms with Crippen molar-refractivity contribution in [2.24, 2.45) is 0 Å². The second-order valence-electron chi connectivity index (χ2n) is 5.37. The molecular formula is C15H24F3N3. The zero-order valence-corrected chi connectivity index (χ0v) is 13.1. The first kappa shape index (κ1) is 17.9. The molecule has 1 N–H and O–H groups in total. The molecule has 0 aliphatic rings. The Labute approximate surface area is 124 Å². The van der Waals surface area contributed by atoms with Crippen LogP contribution >= 0.6 is 0 Å². The van der Waals surface area contributed by atoms with Crippen molar-refractivity contribution in [2.45, 2.75) is 65.6 Å². The molecule has 1 rings (SSSR count). The number of aromatic nitrogens is 2. The molecule has 3 nitrogen and oxygen atoms in total. The van der Waals surface area contributed by atoms with Crippen molar-refractivity contribution in [1.29, 1.82) is 0 Å². The van der Waals surface area contributed by atoms with E-state index in [-0.39, 0.29) is 5.82 Å². The lowest BCUT2D eigenvalue weighted by Crippen LogP contribution is -2.26. The van der Waals surface area contributed by atoms with Crippen molar-refractivity contribution < 1.29 is 13.2 Å². The van der Waals surface area contributed by atoms with Gasteiger partial charge >= 0.3 is 6.18 Å². The van der Waals surface area contributed by atoms with E-state index in [9.17, 15) is 13.2 Å². The number of rotatable bonds is 7. The van der Waals surface area contributed by atoms with Gasteiger partial charge < -0.3 is 5.32 Å². The van der Waals surface area contributed by atoms with Crippen LogP contribution in [0.4, 0.5) is 13.2 Å². The summed E-state index contributed by atoms with van der Waals surface area (Å²) >= 11 is 0. The SMILES string of the molecule is CCc1nc(CC(F)(F)F)nc(CC)c1CCNC(C)C. The predicted molar refractivity (Wildman–Crippen MR) is 77.4 cm³/mol. The van der Waals surface area contributed by atoms with Gasteiger partial charge in [-0.05, 0) is 31.4 Å². The Morgan fingerprint density at radius 3 is 1.95 bits per heavy atom. The summed E-state index contributed by atoms with van der Waals surface area (Å²) in [5.74, 6) is -0.114. The molecule has 120 valence electrons. The molecule has 6 heteroatoms. The van der Waals surface area contributed by atoms with Crippen molar-refractivity contribution >= 4 is 0 Å².